The molecule has 0 amide bonds. The van der Waals surface area contributed by atoms with Crippen molar-refractivity contribution in [3.8, 4) is 0 Å². The second-order valence-corrected chi connectivity index (χ2v) is 6.03. The Hall–Kier alpha value is -1.36. The second kappa shape index (κ2) is 4.63. The number of aliphatic hydroxyl groups is 1. The van der Waals surface area contributed by atoms with Gasteiger partial charge in [-0.2, -0.15) is 0 Å². The van der Waals surface area contributed by atoms with Gasteiger partial charge in [-0.1, -0.05) is 0 Å². The summed E-state index contributed by atoms with van der Waals surface area (Å²) in [6.45, 7) is 5.60. The molecule has 19 heavy (non-hydrogen) atoms. The Morgan fingerprint density at radius 2 is 2.16 bits per heavy atom. The highest BCUT2D eigenvalue weighted by atomic mass is 16.3. The summed E-state index contributed by atoms with van der Waals surface area (Å²) >= 11 is 0. The van der Waals surface area contributed by atoms with Crippen LogP contribution >= 0.6 is 0 Å². The van der Waals surface area contributed by atoms with Crippen LogP contribution < -0.4 is 10.5 Å². The van der Waals surface area contributed by atoms with Crippen LogP contribution in [0.25, 0.3) is 0 Å². The molecule has 1 saturated heterocycles. The molecule has 2 fully saturated rings. The predicted octanol–water partition coefficient (Wildman–Crippen LogP) is 1.03. The Labute approximate surface area is 112 Å². The zero-order valence-electron chi connectivity index (χ0n) is 11.5. The zero-order chi connectivity index (χ0) is 13.6. The Kier molecular flexibility index (Phi) is 3.09. The number of rotatable bonds is 2. The van der Waals surface area contributed by atoms with E-state index in [9.17, 15) is 9.90 Å². The molecule has 5 heteroatoms. The van der Waals surface area contributed by atoms with E-state index in [1.165, 1.54) is 0 Å². The van der Waals surface area contributed by atoms with Crippen LogP contribution in [0.15, 0.2) is 17.2 Å². The van der Waals surface area contributed by atoms with Gasteiger partial charge in [0, 0.05) is 37.4 Å². The first kappa shape index (κ1) is 12.7. The van der Waals surface area contributed by atoms with Crippen LogP contribution in [0.2, 0.25) is 0 Å². The van der Waals surface area contributed by atoms with Gasteiger partial charge >= 0.3 is 0 Å². The molecule has 2 heterocycles. The number of aliphatic hydroxyl groups excluding tert-OH is 1. The van der Waals surface area contributed by atoms with E-state index in [4.69, 9.17) is 0 Å². The number of anilines is 1. The minimum Gasteiger partial charge on any atom is -0.393 e. The van der Waals surface area contributed by atoms with Crippen LogP contribution in [0.4, 0.5) is 5.82 Å². The molecule has 0 spiro atoms. The van der Waals surface area contributed by atoms with E-state index in [-0.39, 0.29) is 17.7 Å². The third-order valence-electron chi connectivity index (χ3n) is 4.52. The van der Waals surface area contributed by atoms with E-state index in [1.807, 2.05) is 13.8 Å². The fourth-order valence-corrected chi connectivity index (χ4v) is 3.45. The van der Waals surface area contributed by atoms with E-state index in [1.54, 1.807) is 17.0 Å². The third kappa shape index (κ3) is 2.06. The minimum absolute atomic E-state index is 0.0213. The summed E-state index contributed by atoms with van der Waals surface area (Å²) in [6, 6.07) is 0.141. The lowest BCUT2D eigenvalue weighted by atomic mass is 10.00. The number of fused-ring (bicyclic) bond motifs is 1. The van der Waals surface area contributed by atoms with E-state index >= 15 is 0 Å². The van der Waals surface area contributed by atoms with Gasteiger partial charge in [0.1, 0.15) is 0 Å². The molecule has 1 aromatic rings. The van der Waals surface area contributed by atoms with Gasteiger partial charge in [0.05, 0.1) is 6.10 Å². The van der Waals surface area contributed by atoms with Crippen molar-refractivity contribution in [2.24, 2.45) is 11.8 Å². The van der Waals surface area contributed by atoms with Crippen LogP contribution in [0, 0.1) is 11.8 Å². The molecule has 0 bridgehead atoms. The van der Waals surface area contributed by atoms with Crippen molar-refractivity contribution in [1.82, 2.24) is 9.55 Å². The number of aromatic nitrogens is 2. The minimum atomic E-state index is -0.203. The third-order valence-corrected chi connectivity index (χ3v) is 4.52. The standard InChI is InChI=1S/C14H21N3O2/c1-9(2)17-6-5-15-13(14(17)19)16-7-10-3-4-12(18)11(10)8-16/h5-6,9-12,18H,3-4,7-8H2,1-2H3. The molecule has 2 aliphatic rings. The summed E-state index contributed by atoms with van der Waals surface area (Å²) in [5.41, 5.74) is -0.0213. The molecule has 5 nitrogen and oxygen atoms in total. The molecule has 1 aliphatic heterocycles. The van der Waals surface area contributed by atoms with Crippen molar-refractivity contribution >= 4 is 5.82 Å². The largest absolute Gasteiger partial charge is 0.393 e. The van der Waals surface area contributed by atoms with Gasteiger partial charge in [-0.3, -0.25) is 4.79 Å². The zero-order valence-corrected chi connectivity index (χ0v) is 11.5. The van der Waals surface area contributed by atoms with Crippen molar-refractivity contribution in [3.63, 3.8) is 0 Å². The van der Waals surface area contributed by atoms with Gasteiger partial charge < -0.3 is 14.6 Å². The van der Waals surface area contributed by atoms with E-state index < -0.39 is 0 Å². The quantitative estimate of drug-likeness (QED) is 0.866. The molecule has 1 aromatic heterocycles. The number of nitrogens with zero attached hydrogens (tertiary/aromatic N) is 3. The van der Waals surface area contributed by atoms with Gasteiger partial charge in [-0.25, -0.2) is 4.98 Å². The van der Waals surface area contributed by atoms with Crippen molar-refractivity contribution in [3.05, 3.63) is 22.7 Å². The van der Waals surface area contributed by atoms with Gasteiger partial charge in [0.25, 0.3) is 5.56 Å². The molecule has 3 atom stereocenters. The summed E-state index contributed by atoms with van der Waals surface area (Å²) in [5, 5.41) is 9.95. The molecule has 1 N–H and O–H groups in total. The van der Waals surface area contributed by atoms with Crippen molar-refractivity contribution in [2.45, 2.75) is 38.8 Å². The van der Waals surface area contributed by atoms with Gasteiger partial charge in [0.2, 0.25) is 0 Å². The van der Waals surface area contributed by atoms with E-state index in [0.717, 1.165) is 25.9 Å². The molecule has 3 rings (SSSR count). The highest BCUT2D eigenvalue weighted by Crippen LogP contribution is 2.38. The van der Waals surface area contributed by atoms with Gasteiger partial charge in [0.15, 0.2) is 5.82 Å². The van der Waals surface area contributed by atoms with Gasteiger partial charge in [-0.15, -0.1) is 0 Å². The van der Waals surface area contributed by atoms with Crippen LogP contribution in [0.5, 0.6) is 0 Å². The first-order chi connectivity index (χ1) is 9.08. The summed E-state index contributed by atoms with van der Waals surface area (Å²) in [6.07, 6.45) is 5.20. The Morgan fingerprint density at radius 1 is 1.37 bits per heavy atom. The first-order valence-electron chi connectivity index (χ1n) is 7.08. The molecule has 0 radical (unpaired) electrons. The fourth-order valence-electron chi connectivity index (χ4n) is 3.45. The summed E-state index contributed by atoms with van der Waals surface area (Å²) < 4.78 is 1.72. The molecule has 1 saturated carbocycles. The Morgan fingerprint density at radius 3 is 2.84 bits per heavy atom. The second-order valence-electron chi connectivity index (χ2n) is 6.03. The van der Waals surface area contributed by atoms with Crippen molar-refractivity contribution in [1.29, 1.82) is 0 Å². The van der Waals surface area contributed by atoms with Crippen LogP contribution in [0.3, 0.4) is 0 Å². The van der Waals surface area contributed by atoms with Crippen molar-refractivity contribution in [2.75, 3.05) is 18.0 Å². The Balaban J connectivity index is 1.88. The summed E-state index contributed by atoms with van der Waals surface area (Å²) in [7, 11) is 0. The predicted molar refractivity (Wildman–Crippen MR) is 73.3 cm³/mol. The normalized spacial score (nSPS) is 30.1. The topological polar surface area (TPSA) is 58.4 Å². The summed E-state index contributed by atoms with van der Waals surface area (Å²) in [4.78, 5) is 18.7. The lowest BCUT2D eigenvalue weighted by Gasteiger charge is -2.20. The van der Waals surface area contributed by atoms with E-state index in [0.29, 0.717) is 17.7 Å². The SMILES string of the molecule is CC(C)n1ccnc(N2CC3CCC(O)C3C2)c1=O. The van der Waals surface area contributed by atoms with Crippen LogP contribution in [0.1, 0.15) is 32.7 Å². The first-order valence-corrected chi connectivity index (χ1v) is 7.08. The molecule has 104 valence electrons. The monoisotopic (exact) mass is 263 g/mol. The maximum Gasteiger partial charge on any atom is 0.293 e. The average molecular weight is 263 g/mol. The maximum atomic E-state index is 12.4. The lowest BCUT2D eigenvalue weighted by molar-refractivity contribution is 0.133. The number of hydrogen-bond donors (Lipinski definition) is 1. The van der Waals surface area contributed by atoms with Crippen molar-refractivity contribution < 1.29 is 5.11 Å². The van der Waals surface area contributed by atoms with E-state index in [2.05, 4.69) is 9.88 Å². The molecule has 3 unspecified atom stereocenters. The smallest absolute Gasteiger partial charge is 0.293 e. The Bertz CT molecular complexity index is 526. The molecule has 1 aliphatic carbocycles. The lowest BCUT2D eigenvalue weighted by Crippen LogP contribution is -2.33. The van der Waals surface area contributed by atoms with Gasteiger partial charge in [-0.05, 0) is 32.6 Å². The maximum absolute atomic E-state index is 12.4. The number of hydrogen-bond acceptors (Lipinski definition) is 4. The van der Waals surface area contributed by atoms with Crippen LogP contribution in [-0.4, -0.2) is 33.9 Å². The fraction of sp³-hybridized carbons (Fsp3) is 0.714. The molecular formula is C14H21N3O2. The van der Waals surface area contributed by atoms with Crippen LogP contribution in [-0.2, 0) is 0 Å². The molecular weight excluding hydrogens is 242 g/mol. The highest BCUT2D eigenvalue weighted by molar-refractivity contribution is 5.38. The summed E-state index contributed by atoms with van der Waals surface area (Å²) in [5.74, 6) is 1.37. The highest BCUT2D eigenvalue weighted by Gasteiger charge is 2.42. The average Bonchev–Trinajstić information content (AvgIpc) is 2.92. The molecule has 0 aromatic carbocycles.